The van der Waals surface area contributed by atoms with Crippen molar-refractivity contribution in [3.63, 3.8) is 0 Å². The maximum atomic E-state index is 6.09. The minimum Gasteiger partial charge on any atom is -0.399 e. The number of rotatable bonds is 3. The Morgan fingerprint density at radius 2 is 0.733 bits per heavy atom. The number of nitrogens with two attached hydrogens (primary N) is 1. The van der Waals surface area contributed by atoms with E-state index in [-0.39, 0.29) is 0 Å². The van der Waals surface area contributed by atoms with Gasteiger partial charge in [-0.25, -0.2) is 0 Å². The van der Waals surface area contributed by atoms with E-state index in [0.717, 1.165) is 5.69 Å². The highest BCUT2D eigenvalue weighted by Gasteiger charge is 2.56. The fraction of sp³-hybridized carbons (Fsp3) is 0.0455. The second-order valence-electron chi connectivity index (χ2n) is 12.3. The summed E-state index contributed by atoms with van der Waals surface area (Å²) in [5.41, 5.74) is 21.3. The van der Waals surface area contributed by atoms with Crippen molar-refractivity contribution in [3.8, 4) is 22.3 Å². The molecule has 0 aromatic heterocycles. The first kappa shape index (κ1) is 25.8. The summed E-state index contributed by atoms with van der Waals surface area (Å²) in [6, 6.07) is 64.8. The molecule has 45 heavy (non-hydrogen) atoms. The van der Waals surface area contributed by atoms with E-state index in [1.807, 2.05) is 12.1 Å². The molecule has 0 unspecified atom stereocenters. The number of benzene rings is 7. The Hall–Kier alpha value is -5.66. The Kier molecular flexibility index (Phi) is 5.55. The van der Waals surface area contributed by atoms with Crippen molar-refractivity contribution in [1.29, 1.82) is 0 Å². The zero-order valence-electron chi connectivity index (χ0n) is 24.8. The van der Waals surface area contributed by atoms with Crippen LogP contribution in [0.15, 0.2) is 176 Å². The van der Waals surface area contributed by atoms with Crippen molar-refractivity contribution in [3.05, 3.63) is 220 Å². The number of nitrogen functional groups attached to an aromatic ring is 1. The Bertz CT molecular complexity index is 2120. The molecule has 1 nitrogen and oxygen atoms in total. The van der Waals surface area contributed by atoms with Gasteiger partial charge in [-0.05, 0) is 85.0 Å². The molecule has 0 saturated heterocycles. The van der Waals surface area contributed by atoms with E-state index in [0.29, 0.717) is 0 Å². The van der Waals surface area contributed by atoms with Crippen molar-refractivity contribution in [2.24, 2.45) is 0 Å². The van der Waals surface area contributed by atoms with Crippen LogP contribution in [0.4, 0.5) is 5.69 Å². The second kappa shape index (κ2) is 9.67. The molecule has 0 fully saturated rings. The highest BCUT2D eigenvalue weighted by molar-refractivity contribution is 5.91. The van der Waals surface area contributed by atoms with Gasteiger partial charge in [-0.2, -0.15) is 0 Å². The van der Waals surface area contributed by atoms with E-state index in [4.69, 9.17) is 5.73 Å². The van der Waals surface area contributed by atoms with E-state index in [1.54, 1.807) is 0 Å². The Morgan fingerprint density at radius 1 is 0.311 bits per heavy atom. The van der Waals surface area contributed by atoms with Gasteiger partial charge in [-0.3, -0.25) is 0 Å². The molecule has 9 rings (SSSR count). The second-order valence-corrected chi connectivity index (χ2v) is 12.3. The van der Waals surface area contributed by atoms with E-state index < -0.39 is 10.8 Å². The van der Waals surface area contributed by atoms with Crippen LogP contribution in [0.3, 0.4) is 0 Å². The molecule has 0 radical (unpaired) electrons. The van der Waals surface area contributed by atoms with E-state index in [9.17, 15) is 0 Å². The minimum atomic E-state index is -0.493. The number of fused-ring (bicyclic) bond motifs is 9. The molecular formula is C44H31N. The first-order valence-electron chi connectivity index (χ1n) is 15.7. The molecule has 7 aromatic rings. The molecule has 0 bridgehead atoms. The van der Waals surface area contributed by atoms with Gasteiger partial charge in [0.1, 0.15) is 0 Å². The van der Waals surface area contributed by atoms with Crippen LogP contribution in [0.2, 0.25) is 0 Å². The Labute approximate surface area is 264 Å². The standard InChI is InChI=1S/C44H31N/c45-34-26-23-30(24-27-34)31-25-28-36-35-17-7-8-18-37(35)44(42(36)29-31)40-21-11-9-19-38(40)43(32-13-3-1-4-14-32,33-15-5-2-6-16-33)39-20-10-12-22-41(39)44/h1-29H,45H2. The van der Waals surface area contributed by atoms with Crippen LogP contribution in [0.1, 0.15) is 44.5 Å². The van der Waals surface area contributed by atoms with Gasteiger partial charge >= 0.3 is 0 Å². The van der Waals surface area contributed by atoms with Gasteiger partial charge in [0.05, 0.1) is 10.8 Å². The van der Waals surface area contributed by atoms with E-state index in [1.165, 1.54) is 66.8 Å². The normalized spacial score (nSPS) is 14.7. The smallest absolute Gasteiger partial charge is 0.0720 e. The quantitative estimate of drug-likeness (QED) is 0.209. The van der Waals surface area contributed by atoms with Crippen molar-refractivity contribution < 1.29 is 0 Å². The monoisotopic (exact) mass is 573 g/mol. The largest absolute Gasteiger partial charge is 0.399 e. The summed E-state index contributed by atoms with van der Waals surface area (Å²) in [6.45, 7) is 0. The van der Waals surface area contributed by atoms with Crippen LogP contribution in [-0.4, -0.2) is 0 Å². The highest BCUT2D eigenvalue weighted by atomic mass is 14.6. The van der Waals surface area contributed by atoms with Gasteiger partial charge < -0.3 is 5.73 Å². The van der Waals surface area contributed by atoms with Gasteiger partial charge in [0, 0.05) is 5.69 Å². The van der Waals surface area contributed by atoms with E-state index in [2.05, 4.69) is 164 Å². The van der Waals surface area contributed by atoms with Crippen molar-refractivity contribution >= 4 is 5.69 Å². The first-order valence-corrected chi connectivity index (χ1v) is 15.7. The lowest BCUT2D eigenvalue weighted by atomic mass is 9.51. The van der Waals surface area contributed by atoms with Gasteiger partial charge in [-0.15, -0.1) is 0 Å². The average Bonchev–Trinajstić information content (AvgIpc) is 3.40. The molecule has 0 heterocycles. The topological polar surface area (TPSA) is 26.0 Å². The molecule has 2 aliphatic rings. The number of hydrogen-bond acceptors (Lipinski definition) is 1. The van der Waals surface area contributed by atoms with Crippen LogP contribution in [-0.2, 0) is 10.8 Å². The molecule has 1 spiro atoms. The van der Waals surface area contributed by atoms with Crippen LogP contribution >= 0.6 is 0 Å². The Morgan fingerprint density at radius 3 is 1.29 bits per heavy atom. The van der Waals surface area contributed by atoms with Crippen LogP contribution in [0.25, 0.3) is 22.3 Å². The third-order valence-corrected chi connectivity index (χ3v) is 10.2. The molecule has 2 N–H and O–H groups in total. The Balaban J connectivity index is 1.46. The third kappa shape index (κ3) is 3.38. The fourth-order valence-electron chi connectivity index (χ4n) is 8.44. The number of anilines is 1. The maximum absolute atomic E-state index is 6.09. The zero-order valence-corrected chi connectivity index (χ0v) is 24.8. The molecule has 0 aliphatic heterocycles. The summed E-state index contributed by atoms with van der Waals surface area (Å²) in [7, 11) is 0. The van der Waals surface area contributed by atoms with Gasteiger partial charge in [0.2, 0.25) is 0 Å². The van der Waals surface area contributed by atoms with Gasteiger partial charge in [0.15, 0.2) is 0 Å². The summed E-state index contributed by atoms with van der Waals surface area (Å²) < 4.78 is 0. The van der Waals surface area contributed by atoms with Gasteiger partial charge in [0.25, 0.3) is 0 Å². The maximum Gasteiger partial charge on any atom is 0.0720 e. The van der Waals surface area contributed by atoms with Crippen LogP contribution in [0, 0.1) is 0 Å². The highest BCUT2D eigenvalue weighted by Crippen LogP contribution is 2.64. The summed E-state index contributed by atoms with van der Waals surface area (Å²) in [5, 5.41) is 0. The van der Waals surface area contributed by atoms with Gasteiger partial charge in [-0.1, -0.05) is 158 Å². The molecule has 0 saturated carbocycles. The molecule has 7 aromatic carbocycles. The first-order chi connectivity index (χ1) is 22.2. The number of hydrogen-bond donors (Lipinski definition) is 1. The van der Waals surface area contributed by atoms with E-state index >= 15 is 0 Å². The van der Waals surface area contributed by atoms with Crippen LogP contribution < -0.4 is 5.73 Å². The van der Waals surface area contributed by atoms with Crippen molar-refractivity contribution in [1.82, 2.24) is 0 Å². The molecule has 2 aliphatic carbocycles. The molecule has 1 heteroatoms. The summed E-state index contributed by atoms with van der Waals surface area (Å²) in [6.07, 6.45) is 0. The molecular weight excluding hydrogens is 542 g/mol. The lowest BCUT2D eigenvalue weighted by molar-refractivity contribution is 0.624. The molecule has 0 atom stereocenters. The van der Waals surface area contributed by atoms with Crippen molar-refractivity contribution in [2.45, 2.75) is 10.8 Å². The SMILES string of the molecule is Nc1ccc(-c2ccc3c(c2)C2(c4ccccc4-3)c3ccccc3C(c3ccccc3)(c3ccccc3)c3ccccc32)cc1. The lowest BCUT2D eigenvalue weighted by Gasteiger charge is -2.50. The predicted molar refractivity (Wildman–Crippen MR) is 185 cm³/mol. The van der Waals surface area contributed by atoms with Crippen molar-refractivity contribution in [2.75, 3.05) is 5.73 Å². The zero-order chi connectivity index (χ0) is 30.0. The summed E-state index contributed by atoms with van der Waals surface area (Å²) in [5.74, 6) is 0. The average molecular weight is 574 g/mol. The van der Waals surface area contributed by atoms with Crippen LogP contribution in [0.5, 0.6) is 0 Å². The predicted octanol–water partition coefficient (Wildman–Crippen LogP) is 9.99. The molecule has 212 valence electrons. The summed E-state index contributed by atoms with van der Waals surface area (Å²) >= 11 is 0. The summed E-state index contributed by atoms with van der Waals surface area (Å²) in [4.78, 5) is 0. The lowest BCUT2D eigenvalue weighted by Crippen LogP contribution is -2.44. The molecule has 0 amide bonds. The fourth-order valence-corrected chi connectivity index (χ4v) is 8.44. The minimum absolute atomic E-state index is 0.490. The third-order valence-electron chi connectivity index (χ3n) is 10.2.